The van der Waals surface area contributed by atoms with Crippen LogP contribution in [-0.4, -0.2) is 13.1 Å². The van der Waals surface area contributed by atoms with Gasteiger partial charge in [-0.15, -0.1) is 0 Å². The summed E-state index contributed by atoms with van der Waals surface area (Å²) in [7, 11) is 0. The van der Waals surface area contributed by atoms with Gasteiger partial charge in [0.2, 0.25) is 0 Å². The van der Waals surface area contributed by atoms with E-state index in [1.165, 1.54) is 12.1 Å². The van der Waals surface area contributed by atoms with Crippen LogP contribution in [0, 0.1) is 0 Å². The minimum absolute atomic E-state index is 0.0637. The van der Waals surface area contributed by atoms with E-state index in [9.17, 15) is 17.7 Å². The predicted octanol–water partition coefficient (Wildman–Crippen LogP) is 1.34. The van der Waals surface area contributed by atoms with Gasteiger partial charge in [0.1, 0.15) is 5.75 Å². The fraction of sp³-hybridized carbons (Fsp3) is 0.125. The van der Waals surface area contributed by atoms with Gasteiger partial charge in [-0.2, -0.15) is 0 Å². The van der Waals surface area contributed by atoms with E-state index < -0.39 is 18.5 Å². The number of rotatable bonds is 1. The van der Waals surface area contributed by atoms with Crippen molar-refractivity contribution in [2.45, 2.75) is 6.54 Å². The van der Waals surface area contributed by atoms with E-state index in [2.05, 4.69) is 10.1 Å². The maximum absolute atomic E-state index is 12.6. The van der Waals surface area contributed by atoms with E-state index in [4.69, 9.17) is 0 Å². The summed E-state index contributed by atoms with van der Waals surface area (Å²) in [6, 6.07) is 3.70. The van der Waals surface area contributed by atoms with E-state index in [0.717, 1.165) is 6.07 Å². The Morgan fingerprint density at radius 1 is 1.33 bits per heavy atom. The zero-order valence-corrected chi connectivity index (χ0v) is 7.47. The quantitative estimate of drug-likeness (QED) is 0.719. The van der Waals surface area contributed by atoms with Gasteiger partial charge in [0.25, 0.3) is 0 Å². The monoisotopic (exact) mass is 216 g/mol. The Balaban J connectivity index is 2.53. The van der Waals surface area contributed by atoms with Crippen LogP contribution in [-0.2, 0) is 6.54 Å². The lowest BCUT2D eigenvalue weighted by molar-refractivity contribution is 0.195. The van der Waals surface area contributed by atoms with Gasteiger partial charge in [0.15, 0.2) is 0 Å². The molecule has 7 heteroatoms. The van der Waals surface area contributed by atoms with Crippen molar-refractivity contribution in [1.82, 2.24) is 5.32 Å². The Hall–Kier alpha value is -1.66. The molecular weight excluding hydrogens is 210 g/mol. The summed E-state index contributed by atoms with van der Waals surface area (Å²) >= 11 is 0. The second-order valence-electron chi connectivity index (χ2n) is 3.15. The molecule has 0 bridgehead atoms. The highest BCUT2D eigenvalue weighted by molar-refractivity contribution is 6.74. The lowest BCUT2D eigenvalue weighted by Gasteiger charge is -2.24. The van der Waals surface area contributed by atoms with Gasteiger partial charge in [-0.25, -0.2) is 4.79 Å². The summed E-state index contributed by atoms with van der Waals surface area (Å²) in [5.74, 6) is -0.367. The number of ether oxygens (including phenoxy) is 1. The van der Waals surface area contributed by atoms with Gasteiger partial charge >= 0.3 is 13.1 Å². The number of fused-ring (bicyclic) bond motifs is 1. The van der Waals surface area contributed by atoms with Crippen LogP contribution in [0.25, 0.3) is 0 Å². The molecule has 1 N–H and O–H groups in total. The minimum atomic E-state index is -5.16. The molecule has 0 unspecified atom stereocenters. The highest BCUT2D eigenvalue weighted by Crippen LogP contribution is 2.24. The fourth-order valence-electron chi connectivity index (χ4n) is 1.42. The van der Waals surface area contributed by atoms with Crippen LogP contribution >= 0.6 is 0 Å². The molecule has 0 aromatic heterocycles. The number of hydrogen-bond acceptors (Lipinski definition) is 2. The zero-order valence-electron chi connectivity index (χ0n) is 7.47. The van der Waals surface area contributed by atoms with Crippen molar-refractivity contribution in [2.24, 2.45) is 0 Å². The Labute approximate surface area is 83.3 Å². The molecule has 1 aromatic carbocycles. The van der Waals surface area contributed by atoms with Crippen LogP contribution in [0.4, 0.5) is 17.7 Å². The van der Waals surface area contributed by atoms with Crippen molar-refractivity contribution < 1.29 is 22.5 Å². The molecule has 1 aromatic rings. The highest BCUT2D eigenvalue weighted by Gasteiger charge is 2.32. The third-order valence-electron chi connectivity index (χ3n) is 2.10. The van der Waals surface area contributed by atoms with Crippen LogP contribution in [0.3, 0.4) is 0 Å². The SMILES string of the molecule is O=C1NCc2cccc([B-](F)(F)F)c2O1. The summed E-state index contributed by atoms with van der Waals surface area (Å²) in [5.41, 5.74) is -0.520. The Kier molecular flexibility index (Phi) is 2.10. The Morgan fingerprint density at radius 2 is 2.07 bits per heavy atom. The number of carbonyl (C=O) groups excluding carboxylic acids is 1. The van der Waals surface area contributed by atoms with Crippen molar-refractivity contribution in [3.05, 3.63) is 23.8 Å². The molecule has 0 saturated carbocycles. The summed E-state index contributed by atoms with van der Waals surface area (Å²) in [4.78, 5) is 10.8. The maximum Gasteiger partial charge on any atom is 0.513 e. The van der Waals surface area contributed by atoms with Crippen LogP contribution in [0.5, 0.6) is 5.75 Å². The summed E-state index contributed by atoms with van der Waals surface area (Å²) in [6.07, 6.45) is -0.852. The summed E-state index contributed by atoms with van der Waals surface area (Å²) in [5, 5.41) is 2.30. The van der Waals surface area contributed by atoms with Gasteiger partial charge in [0, 0.05) is 12.1 Å². The molecular formula is C8H6BF3NO2-. The van der Waals surface area contributed by atoms with Crippen LogP contribution in [0.1, 0.15) is 5.56 Å². The molecule has 0 spiro atoms. The van der Waals surface area contributed by atoms with E-state index in [1.807, 2.05) is 0 Å². The first-order valence-electron chi connectivity index (χ1n) is 4.26. The molecule has 0 saturated heterocycles. The molecule has 0 aliphatic carbocycles. The van der Waals surface area contributed by atoms with E-state index in [1.54, 1.807) is 0 Å². The number of carbonyl (C=O) groups is 1. The van der Waals surface area contributed by atoms with Gasteiger partial charge in [0.05, 0.1) is 0 Å². The number of nitrogens with one attached hydrogen (secondary N) is 1. The van der Waals surface area contributed by atoms with Crippen LogP contribution < -0.4 is 15.5 Å². The first-order valence-corrected chi connectivity index (χ1v) is 4.26. The fourth-order valence-corrected chi connectivity index (χ4v) is 1.42. The zero-order chi connectivity index (χ0) is 11.1. The topological polar surface area (TPSA) is 38.3 Å². The summed E-state index contributed by atoms with van der Waals surface area (Å²) in [6.45, 7) is -5.09. The number of hydrogen-bond donors (Lipinski definition) is 1. The number of halogens is 3. The molecule has 0 radical (unpaired) electrons. The first kappa shape index (κ1) is 9.88. The predicted molar refractivity (Wildman–Crippen MR) is 48.0 cm³/mol. The van der Waals surface area contributed by atoms with Gasteiger partial charge in [-0.05, 0) is 0 Å². The molecule has 1 aliphatic heterocycles. The number of benzene rings is 1. The molecule has 1 amide bonds. The molecule has 3 nitrogen and oxygen atoms in total. The molecule has 80 valence electrons. The van der Waals surface area contributed by atoms with Crippen molar-refractivity contribution in [1.29, 1.82) is 0 Å². The maximum atomic E-state index is 12.6. The van der Waals surface area contributed by atoms with E-state index in [0.29, 0.717) is 5.56 Å². The summed E-state index contributed by atoms with van der Waals surface area (Å²) < 4.78 is 42.2. The third kappa shape index (κ3) is 1.77. The lowest BCUT2D eigenvalue weighted by Crippen LogP contribution is -2.41. The molecule has 2 rings (SSSR count). The normalized spacial score (nSPS) is 15.3. The molecule has 1 aliphatic rings. The molecule has 1 heterocycles. The van der Waals surface area contributed by atoms with Gasteiger partial charge in [-0.3, -0.25) is 0 Å². The van der Waals surface area contributed by atoms with Crippen LogP contribution in [0.15, 0.2) is 18.2 Å². The standard InChI is InChI=1S/C8H6BF3NO2/c10-9(11,12)6-3-1-2-5-4-13-8(14)15-7(5)6/h1-3H,4H2,(H,13,14)/q-1. The second-order valence-corrected chi connectivity index (χ2v) is 3.15. The van der Waals surface area contributed by atoms with Gasteiger partial charge in [-0.1, -0.05) is 23.7 Å². The average molecular weight is 216 g/mol. The number of para-hydroxylation sites is 1. The highest BCUT2D eigenvalue weighted by atomic mass is 19.4. The van der Waals surface area contributed by atoms with Crippen molar-refractivity contribution >= 4 is 18.5 Å². The Morgan fingerprint density at radius 3 is 2.73 bits per heavy atom. The molecule has 15 heavy (non-hydrogen) atoms. The van der Waals surface area contributed by atoms with Crippen molar-refractivity contribution in [3.8, 4) is 5.75 Å². The third-order valence-corrected chi connectivity index (χ3v) is 2.10. The van der Waals surface area contributed by atoms with Crippen molar-refractivity contribution in [2.75, 3.05) is 0 Å². The van der Waals surface area contributed by atoms with E-state index in [-0.39, 0.29) is 12.3 Å². The van der Waals surface area contributed by atoms with E-state index >= 15 is 0 Å². The largest absolute Gasteiger partial charge is 0.513 e. The smallest absolute Gasteiger partial charge is 0.445 e. The van der Waals surface area contributed by atoms with Crippen molar-refractivity contribution in [3.63, 3.8) is 0 Å². The molecule has 0 fully saturated rings. The Bertz CT molecular complexity index is 419. The second kappa shape index (κ2) is 3.18. The molecule has 0 atom stereocenters. The minimum Gasteiger partial charge on any atom is -0.445 e. The van der Waals surface area contributed by atoms with Gasteiger partial charge < -0.3 is 23.0 Å². The number of amides is 1. The van der Waals surface area contributed by atoms with Crippen LogP contribution in [0.2, 0.25) is 0 Å². The first-order chi connectivity index (χ1) is 6.98. The average Bonchev–Trinajstić information content (AvgIpc) is 2.15. The lowest BCUT2D eigenvalue weighted by atomic mass is 9.78.